The Morgan fingerprint density at radius 1 is 1.29 bits per heavy atom. The SMILES string of the molecule is CCOC(=O)CCC(=O)N(C)Cc1ccc(O)c(OC)c1. The van der Waals surface area contributed by atoms with Crippen molar-refractivity contribution in [2.75, 3.05) is 20.8 Å². The molecule has 1 N–H and O–H groups in total. The molecule has 6 nitrogen and oxygen atoms in total. The van der Waals surface area contributed by atoms with E-state index >= 15 is 0 Å². The number of rotatable bonds is 7. The predicted molar refractivity (Wildman–Crippen MR) is 77.0 cm³/mol. The molecule has 0 saturated carbocycles. The molecule has 0 unspecified atom stereocenters. The monoisotopic (exact) mass is 295 g/mol. The van der Waals surface area contributed by atoms with Crippen LogP contribution in [0.25, 0.3) is 0 Å². The number of carbonyl (C=O) groups is 2. The lowest BCUT2D eigenvalue weighted by Crippen LogP contribution is -2.26. The Hall–Kier alpha value is -2.24. The van der Waals surface area contributed by atoms with Crippen LogP contribution in [0.15, 0.2) is 18.2 Å². The fourth-order valence-electron chi connectivity index (χ4n) is 1.82. The van der Waals surface area contributed by atoms with Crippen LogP contribution >= 0.6 is 0 Å². The van der Waals surface area contributed by atoms with Crippen LogP contribution in [-0.2, 0) is 20.9 Å². The van der Waals surface area contributed by atoms with Crippen molar-refractivity contribution in [2.45, 2.75) is 26.3 Å². The second kappa shape index (κ2) is 8.14. The Morgan fingerprint density at radius 3 is 2.62 bits per heavy atom. The van der Waals surface area contributed by atoms with Gasteiger partial charge in [0.15, 0.2) is 11.5 Å². The summed E-state index contributed by atoms with van der Waals surface area (Å²) in [7, 11) is 3.12. The number of hydrogen-bond acceptors (Lipinski definition) is 5. The summed E-state index contributed by atoms with van der Waals surface area (Å²) in [5.41, 5.74) is 0.830. The van der Waals surface area contributed by atoms with E-state index in [-0.39, 0.29) is 30.5 Å². The van der Waals surface area contributed by atoms with Gasteiger partial charge in [0.2, 0.25) is 5.91 Å². The van der Waals surface area contributed by atoms with Crippen molar-refractivity contribution in [3.63, 3.8) is 0 Å². The minimum Gasteiger partial charge on any atom is -0.504 e. The molecular formula is C15H21NO5. The van der Waals surface area contributed by atoms with Crippen LogP contribution in [0.1, 0.15) is 25.3 Å². The van der Waals surface area contributed by atoms with E-state index in [0.29, 0.717) is 18.9 Å². The molecule has 21 heavy (non-hydrogen) atoms. The van der Waals surface area contributed by atoms with Gasteiger partial charge in [0.05, 0.1) is 20.1 Å². The van der Waals surface area contributed by atoms with E-state index in [1.54, 1.807) is 26.1 Å². The lowest BCUT2D eigenvalue weighted by atomic mass is 10.2. The van der Waals surface area contributed by atoms with E-state index in [1.165, 1.54) is 18.1 Å². The van der Waals surface area contributed by atoms with E-state index < -0.39 is 0 Å². The van der Waals surface area contributed by atoms with Crippen LogP contribution in [0.3, 0.4) is 0 Å². The van der Waals surface area contributed by atoms with Gasteiger partial charge in [0.25, 0.3) is 0 Å². The molecule has 1 amide bonds. The predicted octanol–water partition coefficient (Wildman–Crippen LogP) is 1.70. The van der Waals surface area contributed by atoms with Gasteiger partial charge >= 0.3 is 5.97 Å². The molecule has 0 aromatic heterocycles. The summed E-state index contributed by atoms with van der Waals surface area (Å²) in [5.74, 6) is -0.0990. The molecule has 1 aromatic carbocycles. The first-order chi connectivity index (χ1) is 9.97. The van der Waals surface area contributed by atoms with Gasteiger partial charge < -0.3 is 19.5 Å². The van der Waals surface area contributed by atoms with Crippen LogP contribution in [0.4, 0.5) is 0 Å². The first-order valence-electron chi connectivity index (χ1n) is 6.73. The van der Waals surface area contributed by atoms with Crippen LogP contribution < -0.4 is 4.74 Å². The Labute approximate surface area is 124 Å². The van der Waals surface area contributed by atoms with Gasteiger partial charge in [0.1, 0.15) is 0 Å². The smallest absolute Gasteiger partial charge is 0.306 e. The first kappa shape index (κ1) is 16.8. The topological polar surface area (TPSA) is 76.1 Å². The van der Waals surface area contributed by atoms with Crippen molar-refractivity contribution in [1.29, 1.82) is 0 Å². The van der Waals surface area contributed by atoms with E-state index in [4.69, 9.17) is 9.47 Å². The third-order valence-corrected chi connectivity index (χ3v) is 2.94. The van der Waals surface area contributed by atoms with Gasteiger partial charge in [-0.25, -0.2) is 0 Å². The number of carbonyl (C=O) groups excluding carboxylic acids is 2. The van der Waals surface area contributed by atoms with Gasteiger partial charge in [0, 0.05) is 20.0 Å². The molecule has 0 saturated heterocycles. The fraction of sp³-hybridized carbons (Fsp3) is 0.467. The number of hydrogen-bond donors (Lipinski definition) is 1. The van der Waals surface area contributed by atoms with Gasteiger partial charge in [-0.3, -0.25) is 9.59 Å². The largest absolute Gasteiger partial charge is 0.504 e. The maximum atomic E-state index is 11.9. The third kappa shape index (κ3) is 5.33. The molecule has 0 heterocycles. The molecule has 0 aliphatic rings. The number of esters is 1. The van der Waals surface area contributed by atoms with Crippen molar-refractivity contribution >= 4 is 11.9 Å². The number of ether oxygens (including phenoxy) is 2. The highest BCUT2D eigenvalue weighted by Crippen LogP contribution is 2.26. The average molecular weight is 295 g/mol. The molecule has 0 atom stereocenters. The van der Waals surface area contributed by atoms with Crippen molar-refractivity contribution in [3.05, 3.63) is 23.8 Å². The highest BCUT2D eigenvalue weighted by atomic mass is 16.5. The second-order valence-corrected chi connectivity index (χ2v) is 4.56. The second-order valence-electron chi connectivity index (χ2n) is 4.56. The van der Waals surface area contributed by atoms with Crippen molar-refractivity contribution < 1.29 is 24.2 Å². The number of phenolic OH excluding ortho intramolecular Hbond substituents is 1. The van der Waals surface area contributed by atoms with Gasteiger partial charge in [-0.2, -0.15) is 0 Å². The van der Waals surface area contributed by atoms with Crippen LogP contribution in [0, 0.1) is 0 Å². The van der Waals surface area contributed by atoms with Crippen molar-refractivity contribution in [3.8, 4) is 11.5 Å². The third-order valence-electron chi connectivity index (χ3n) is 2.94. The standard InChI is InChI=1S/C15H21NO5/c1-4-21-15(19)8-7-14(18)16(2)10-11-5-6-12(17)13(9-11)20-3/h5-6,9,17H,4,7-8,10H2,1-3H3. The number of benzene rings is 1. The minimum atomic E-state index is -0.370. The molecule has 0 fully saturated rings. The Morgan fingerprint density at radius 2 is 2.00 bits per heavy atom. The minimum absolute atomic E-state index is 0.0533. The van der Waals surface area contributed by atoms with Crippen molar-refractivity contribution in [1.82, 2.24) is 4.90 Å². The van der Waals surface area contributed by atoms with Gasteiger partial charge in [-0.1, -0.05) is 6.07 Å². The molecule has 116 valence electrons. The van der Waals surface area contributed by atoms with Gasteiger partial charge in [-0.05, 0) is 24.6 Å². The lowest BCUT2D eigenvalue weighted by molar-refractivity contribution is -0.145. The quantitative estimate of drug-likeness (QED) is 0.775. The first-order valence-corrected chi connectivity index (χ1v) is 6.73. The van der Waals surface area contributed by atoms with Gasteiger partial charge in [-0.15, -0.1) is 0 Å². The highest BCUT2D eigenvalue weighted by molar-refractivity contribution is 5.81. The summed E-state index contributed by atoms with van der Waals surface area (Å²) < 4.78 is 9.80. The number of phenols is 1. The molecule has 1 aromatic rings. The Kier molecular flexibility index (Phi) is 6.52. The Balaban J connectivity index is 2.54. The number of aromatic hydroxyl groups is 1. The summed E-state index contributed by atoms with van der Waals surface area (Å²) in [6.45, 7) is 2.42. The molecule has 0 aliphatic heterocycles. The lowest BCUT2D eigenvalue weighted by Gasteiger charge is -2.17. The fourth-order valence-corrected chi connectivity index (χ4v) is 1.82. The summed E-state index contributed by atoms with van der Waals surface area (Å²) >= 11 is 0. The van der Waals surface area contributed by atoms with E-state index in [0.717, 1.165) is 5.56 Å². The zero-order valence-electron chi connectivity index (χ0n) is 12.6. The molecule has 0 bridgehead atoms. The zero-order valence-corrected chi connectivity index (χ0v) is 12.6. The van der Waals surface area contributed by atoms with Crippen LogP contribution in [0.5, 0.6) is 11.5 Å². The summed E-state index contributed by atoms with van der Waals surface area (Å²) in [6, 6.07) is 4.91. The van der Waals surface area contributed by atoms with E-state index in [9.17, 15) is 14.7 Å². The molecule has 6 heteroatoms. The van der Waals surface area contributed by atoms with Crippen molar-refractivity contribution in [2.24, 2.45) is 0 Å². The molecule has 1 rings (SSSR count). The summed E-state index contributed by atoms with van der Waals surface area (Å²) in [6.07, 6.45) is 0.195. The van der Waals surface area contributed by atoms with Crippen LogP contribution in [-0.4, -0.2) is 42.6 Å². The summed E-state index contributed by atoms with van der Waals surface area (Å²) in [5, 5.41) is 9.52. The molecular weight excluding hydrogens is 274 g/mol. The normalized spacial score (nSPS) is 10.0. The maximum absolute atomic E-state index is 11.9. The average Bonchev–Trinajstić information content (AvgIpc) is 2.46. The number of nitrogens with zero attached hydrogens (tertiary/aromatic N) is 1. The number of amides is 1. The Bertz CT molecular complexity index is 501. The highest BCUT2D eigenvalue weighted by Gasteiger charge is 2.13. The van der Waals surface area contributed by atoms with E-state index in [1.807, 2.05) is 0 Å². The zero-order chi connectivity index (χ0) is 15.8. The number of methoxy groups -OCH3 is 1. The maximum Gasteiger partial charge on any atom is 0.306 e. The molecule has 0 radical (unpaired) electrons. The molecule has 0 aliphatic carbocycles. The van der Waals surface area contributed by atoms with E-state index in [2.05, 4.69) is 0 Å². The summed E-state index contributed by atoms with van der Waals surface area (Å²) in [4.78, 5) is 24.6. The van der Waals surface area contributed by atoms with Crippen LogP contribution in [0.2, 0.25) is 0 Å². The molecule has 0 spiro atoms.